The Morgan fingerprint density at radius 2 is 1.46 bits per heavy atom. The minimum atomic E-state index is -0.645. The zero-order chi connectivity index (χ0) is 10.6. The predicted molar refractivity (Wildman–Crippen MR) is 57.6 cm³/mol. The van der Waals surface area contributed by atoms with Gasteiger partial charge in [0.25, 0.3) is 0 Å². The van der Waals surface area contributed by atoms with Crippen LogP contribution < -0.4 is 0 Å². The molecule has 0 aliphatic carbocycles. The summed E-state index contributed by atoms with van der Waals surface area (Å²) < 4.78 is 13.5. The first-order chi connectivity index (χ1) is 5.74. The summed E-state index contributed by atoms with van der Waals surface area (Å²) in [5, 5.41) is 0. The Morgan fingerprint density at radius 3 is 1.77 bits per heavy atom. The lowest BCUT2D eigenvalue weighted by Crippen LogP contribution is -2.23. The van der Waals surface area contributed by atoms with Crippen LogP contribution in [-0.4, -0.2) is 6.17 Å². The van der Waals surface area contributed by atoms with Crippen LogP contribution in [0.15, 0.2) is 0 Å². The molecule has 1 unspecified atom stereocenters. The SMILES string of the molecule is CC(C)CC(C)(C)CC(F)C(C)C. The smallest absolute Gasteiger partial charge is 0.103 e. The van der Waals surface area contributed by atoms with E-state index >= 15 is 0 Å². The van der Waals surface area contributed by atoms with Crippen molar-refractivity contribution in [1.29, 1.82) is 0 Å². The fourth-order valence-electron chi connectivity index (χ4n) is 1.95. The molecular weight excluding hydrogens is 163 g/mol. The average Bonchev–Trinajstić information content (AvgIpc) is 1.81. The highest BCUT2D eigenvalue weighted by Gasteiger charge is 2.25. The number of alkyl halides is 1. The Morgan fingerprint density at radius 1 is 1.00 bits per heavy atom. The Hall–Kier alpha value is -0.0700. The second-order valence-corrected chi connectivity index (χ2v) is 5.73. The molecule has 0 aliphatic rings. The summed E-state index contributed by atoms with van der Waals surface area (Å²) in [7, 11) is 0. The third-order valence-corrected chi connectivity index (χ3v) is 2.43. The largest absolute Gasteiger partial charge is 0.247 e. The molecule has 0 fully saturated rings. The van der Waals surface area contributed by atoms with Gasteiger partial charge in [-0.05, 0) is 30.1 Å². The first-order valence-electron chi connectivity index (χ1n) is 5.38. The summed E-state index contributed by atoms with van der Waals surface area (Å²) in [6.45, 7) is 12.6. The van der Waals surface area contributed by atoms with Crippen LogP contribution >= 0.6 is 0 Å². The van der Waals surface area contributed by atoms with Crippen LogP contribution in [0.25, 0.3) is 0 Å². The number of halogens is 1. The van der Waals surface area contributed by atoms with Gasteiger partial charge in [0.15, 0.2) is 0 Å². The van der Waals surface area contributed by atoms with Crippen molar-refractivity contribution in [3.63, 3.8) is 0 Å². The first-order valence-corrected chi connectivity index (χ1v) is 5.38. The molecule has 0 N–H and O–H groups in total. The van der Waals surface area contributed by atoms with Crippen molar-refractivity contribution >= 4 is 0 Å². The van der Waals surface area contributed by atoms with Crippen LogP contribution in [0.3, 0.4) is 0 Å². The summed E-state index contributed by atoms with van der Waals surface area (Å²) in [5.41, 5.74) is 0.151. The summed E-state index contributed by atoms with van der Waals surface area (Å²) >= 11 is 0. The average molecular weight is 188 g/mol. The van der Waals surface area contributed by atoms with Crippen molar-refractivity contribution in [3.8, 4) is 0 Å². The molecule has 80 valence electrons. The van der Waals surface area contributed by atoms with E-state index in [2.05, 4.69) is 27.7 Å². The van der Waals surface area contributed by atoms with E-state index < -0.39 is 6.17 Å². The van der Waals surface area contributed by atoms with Crippen LogP contribution in [-0.2, 0) is 0 Å². The molecule has 0 aromatic rings. The van der Waals surface area contributed by atoms with Gasteiger partial charge in [-0.2, -0.15) is 0 Å². The Labute approximate surface area is 82.9 Å². The molecule has 0 bridgehead atoms. The molecule has 0 heterocycles. The molecule has 0 saturated heterocycles. The van der Waals surface area contributed by atoms with E-state index in [1.165, 1.54) is 0 Å². The second kappa shape index (κ2) is 4.97. The molecule has 0 nitrogen and oxygen atoms in total. The monoisotopic (exact) mass is 188 g/mol. The quantitative estimate of drug-likeness (QED) is 0.598. The van der Waals surface area contributed by atoms with Crippen molar-refractivity contribution in [2.45, 2.75) is 60.6 Å². The summed E-state index contributed by atoms with van der Waals surface area (Å²) in [5.74, 6) is 0.820. The summed E-state index contributed by atoms with van der Waals surface area (Å²) in [4.78, 5) is 0. The highest BCUT2D eigenvalue weighted by atomic mass is 19.1. The molecule has 1 atom stereocenters. The molecule has 0 aromatic carbocycles. The van der Waals surface area contributed by atoms with Crippen molar-refractivity contribution in [1.82, 2.24) is 0 Å². The van der Waals surface area contributed by atoms with Gasteiger partial charge in [0.05, 0.1) is 0 Å². The van der Waals surface area contributed by atoms with Crippen LogP contribution in [0.4, 0.5) is 4.39 Å². The Kier molecular flexibility index (Phi) is 4.95. The van der Waals surface area contributed by atoms with Gasteiger partial charge >= 0.3 is 0 Å². The zero-order valence-electron chi connectivity index (χ0n) is 10.0. The Bertz CT molecular complexity index is 136. The molecule has 0 spiro atoms. The maximum Gasteiger partial charge on any atom is 0.103 e. The van der Waals surface area contributed by atoms with E-state index in [1.54, 1.807) is 0 Å². The Balaban J connectivity index is 4.00. The van der Waals surface area contributed by atoms with Crippen molar-refractivity contribution < 1.29 is 4.39 Å². The minimum Gasteiger partial charge on any atom is -0.247 e. The summed E-state index contributed by atoms with van der Waals surface area (Å²) in [6, 6.07) is 0. The lowest BCUT2D eigenvalue weighted by Gasteiger charge is -2.29. The van der Waals surface area contributed by atoms with Gasteiger partial charge in [-0.3, -0.25) is 0 Å². The van der Waals surface area contributed by atoms with Crippen LogP contribution in [0.1, 0.15) is 54.4 Å². The van der Waals surface area contributed by atoms with Gasteiger partial charge in [0, 0.05) is 0 Å². The molecule has 13 heavy (non-hydrogen) atoms. The van der Waals surface area contributed by atoms with Crippen LogP contribution in [0, 0.1) is 17.3 Å². The van der Waals surface area contributed by atoms with E-state index in [9.17, 15) is 4.39 Å². The van der Waals surface area contributed by atoms with E-state index in [-0.39, 0.29) is 11.3 Å². The molecule has 0 rings (SSSR count). The number of rotatable bonds is 5. The molecule has 0 aliphatic heterocycles. The van der Waals surface area contributed by atoms with E-state index in [0.717, 1.165) is 6.42 Å². The first kappa shape index (κ1) is 12.9. The second-order valence-electron chi connectivity index (χ2n) is 5.73. The van der Waals surface area contributed by atoms with E-state index in [4.69, 9.17) is 0 Å². The van der Waals surface area contributed by atoms with Crippen molar-refractivity contribution in [2.75, 3.05) is 0 Å². The lowest BCUT2D eigenvalue weighted by atomic mass is 9.78. The number of hydrogen-bond donors (Lipinski definition) is 0. The standard InChI is InChI=1S/C12H25F/c1-9(2)7-12(5,6)8-11(13)10(3)4/h9-11H,7-8H2,1-6H3. The topological polar surface area (TPSA) is 0 Å². The molecular formula is C12H25F. The number of hydrogen-bond acceptors (Lipinski definition) is 0. The highest BCUT2D eigenvalue weighted by Crippen LogP contribution is 2.33. The van der Waals surface area contributed by atoms with Gasteiger partial charge in [0.1, 0.15) is 6.17 Å². The predicted octanol–water partition coefficient (Wildman–Crippen LogP) is 4.44. The normalized spacial score (nSPS) is 15.5. The zero-order valence-corrected chi connectivity index (χ0v) is 10.0. The van der Waals surface area contributed by atoms with E-state index in [0.29, 0.717) is 12.3 Å². The van der Waals surface area contributed by atoms with Gasteiger partial charge < -0.3 is 0 Å². The summed E-state index contributed by atoms with van der Waals surface area (Å²) in [6.07, 6.45) is 1.16. The fraction of sp³-hybridized carbons (Fsp3) is 1.00. The molecule has 0 radical (unpaired) electrons. The third kappa shape index (κ3) is 6.06. The third-order valence-electron chi connectivity index (χ3n) is 2.43. The highest BCUT2D eigenvalue weighted by molar-refractivity contribution is 4.76. The molecule has 0 saturated carbocycles. The maximum absolute atomic E-state index is 13.5. The molecule has 0 aromatic heterocycles. The van der Waals surface area contributed by atoms with Gasteiger partial charge in [-0.15, -0.1) is 0 Å². The fourth-order valence-corrected chi connectivity index (χ4v) is 1.95. The van der Waals surface area contributed by atoms with Crippen LogP contribution in [0.2, 0.25) is 0 Å². The van der Waals surface area contributed by atoms with Gasteiger partial charge in [-0.25, -0.2) is 4.39 Å². The molecule has 1 heteroatoms. The van der Waals surface area contributed by atoms with Crippen LogP contribution in [0.5, 0.6) is 0 Å². The van der Waals surface area contributed by atoms with E-state index in [1.807, 2.05) is 13.8 Å². The lowest BCUT2D eigenvalue weighted by molar-refractivity contribution is 0.146. The molecule has 0 amide bonds. The maximum atomic E-state index is 13.5. The van der Waals surface area contributed by atoms with Crippen molar-refractivity contribution in [2.24, 2.45) is 17.3 Å². The minimum absolute atomic E-state index is 0.151. The van der Waals surface area contributed by atoms with Gasteiger partial charge in [0.2, 0.25) is 0 Å². The van der Waals surface area contributed by atoms with Gasteiger partial charge in [-0.1, -0.05) is 41.5 Å². The van der Waals surface area contributed by atoms with Crippen molar-refractivity contribution in [3.05, 3.63) is 0 Å².